The van der Waals surface area contributed by atoms with Gasteiger partial charge in [0.15, 0.2) is 11.5 Å². The maximum atomic E-state index is 5.98. The Morgan fingerprint density at radius 2 is 1.77 bits per heavy atom. The number of nitrogens with zero attached hydrogens (tertiary/aromatic N) is 1. The molecule has 0 atom stereocenters. The fraction of sp³-hybridized carbons (Fsp3) is 0.194. The van der Waals surface area contributed by atoms with Crippen LogP contribution in [0.5, 0.6) is 11.5 Å². The maximum Gasteiger partial charge on any atom is 0.182 e. The van der Waals surface area contributed by atoms with Crippen molar-refractivity contribution in [3.05, 3.63) is 79.0 Å². The molecule has 4 aromatic rings. The quantitative estimate of drug-likeness (QED) is 0.116. The molecule has 0 spiro atoms. The summed E-state index contributed by atoms with van der Waals surface area (Å²) in [5.74, 6) is 9.39. The molecule has 3 aromatic carbocycles. The number of unbranched alkanes of at least 4 members (excludes halogenated alkanes) is 2. The standard InChI is InChI=1S/C31H26NO2.Ir/c1-3-5-9-20-33-29-17-16-26(23-30(29)34-21-10-6-4-2)25-13-11-14-27(22-25)31-28-15-8-7-12-24(28)18-19-32-31;/h7-8,11-13,15-19,22-23H,3,5,9,20H2,1-2H3;/q-1;. The van der Waals surface area contributed by atoms with Gasteiger partial charge in [0, 0.05) is 32.2 Å². The van der Waals surface area contributed by atoms with Crippen LogP contribution in [0.4, 0.5) is 0 Å². The van der Waals surface area contributed by atoms with Crippen molar-refractivity contribution in [2.24, 2.45) is 0 Å². The molecule has 4 heteroatoms. The van der Waals surface area contributed by atoms with E-state index < -0.39 is 0 Å². The third kappa shape index (κ3) is 6.74. The van der Waals surface area contributed by atoms with Gasteiger partial charge in [-0.1, -0.05) is 56.0 Å². The van der Waals surface area contributed by atoms with Crippen molar-refractivity contribution in [3.8, 4) is 57.8 Å². The van der Waals surface area contributed by atoms with Crippen molar-refractivity contribution in [2.45, 2.75) is 33.1 Å². The first-order chi connectivity index (χ1) is 16.8. The molecule has 0 amide bonds. The number of rotatable bonds is 8. The Hall–Kier alpha value is -3.56. The van der Waals surface area contributed by atoms with Gasteiger partial charge < -0.3 is 14.5 Å². The van der Waals surface area contributed by atoms with Gasteiger partial charge in [-0.05, 0) is 59.5 Å². The van der Waals surface area contributed by atoms with Crippen LogP contribution in [0.25, 0.3) is 33.2 Å². The first kappa shape index (κ1) is 26.1. The molecule has 1 aromatic heterocycles. The van der Waals surface area contributed by atoms with Crippen molar-refractivity contribution in [3.63, 3.8) is 0 Å². The van der Waals surface area contributed by atoms with E-state index in [4.69, 9.17) is 9.47 Å². The van der Waals surface area contributed by atoms with Gasteiger partial charge >= 0.3 is 0 Å². The van der Waals surface area contributed by atoms with E-state index in [0.29, 0.717) is 18.1 Å². The Labute approximate surface area is 221 Å². The van der Waals surface area contributed by atoms with Crippen LogP contribution in [0.3, 0.4) is 0 Å². The summed E-state index contributed by atoms with van der Waals surface area (Å²) in [6, 6.07) is 25.6. The second-order valence-corrected chi connectivity index (χ2v) is 7.79. The molecule has 0 fully saturated rings. The molecule has 4 rings (SSSR count). The fourth-order valence-corrected chi connectivity index (χ4v) is 3.71. The molecule has 0 unspecified atom stereocenters. The van der Waals surface area contributed by atoms with Gasteiger partial charge in [0.05, 0.1) is 6.61 Å². The summed E-state index contributed by atoms with van der Waals surface area (Å²) >= 11 is 0. The minimum atomic E-state index is 0. The van der Waals surface area contributed by atoms with E-state index in [-0.39, 0.29) is 20.1 Å². The van der Waals surface area contributed by atoms with Crippen LogP contribution in [0.2, 0.25) is 0 Å². The zero-order valence-electron chi connectivity index (χ0n) is 19.9. The van der Waals surface area contributed by atoms with Gasteiger partial charge in [-0.2, -0.15) is 0 Å². The number of hydrogen-bond acceptors (Lipinski definition) is 3. The van der Waals surface area contributed by atoms with Crippen LogP contribution >= 0.6 is 0 Å². The average Bonchev–Trinajstić information content (AvgIpc) is 2.89. The predicted octanol–water partition coefficient (Wildman–Crippen LogP) is 7.30. The Kier molecular flexibility index (Phi) is 9.94. The van der Waals surface area contributed by atoms with Crippen LogP contribution in [0, 0.1) is 29.9 Å². The Bertz CT molecular complexity index is 1400. The number of hydrogen-bond donors (Lipinski definition) is 0. The summed E-state index contributed by atoms with van der Waals surface area (Å²) in [5.41, 5.74) is 3.88. The molecule has 0 N–H and O–H groups in total. The zero-order valence-corrected chi connectivity index (χ0v) is 22.2. The molecule has 0 saturated carbocycles. The van der Waals surface area contributed by atoms with Crippen molar-refractivity contribution < 1.29 is 29.6 Å². The molecule has 0 aliphatic rings. The molecule has 3 nitrogen and oxygen atoms in total. The third-order valence-electron chi connectivity index (χ3n) is 5.41. The summed E-state index contributed by atoms with van der Waals surface area (Å²) in [4.78, 5) is 4.64. The van der Waals surface area contributed by atoms with Crippen molar-refractivity contribution in [1.82, 2.24) is 4.98 Å². The van der Waals surface area contributed by atoms with E-state index in [2.05, 4.69) is 60.0 Å². The van der Waals surface area contributed by atoms with Gasteiger partial charge in [-0.15, -0.1) is 35.4 Å². The SMILES string of the molecule is CC#CC#COc1cc(-c2cc[c-]c(-c3nccc4ccccc34)c2)ccc1OCCCCC.[Ir]. The third-order valence-corrected chi connectivity index (χ3v) is 5.41. The molecule has 0 aliphatic carbocycles. The first-order valence-corrected chi connectivity index (χ1v) is 11.5. The van der Waals surface area contributed by atoms with E-state index in [1.165, 1.54) is 0 Å². The normalized spacial score (nSPS) is 9.77. The van der Waals surface area contributed by atoms with E-state index in [1.54, 1.807) is 6.92 Å². The van der Waals surface area contributed by atoms with Gasteiger partial charge in [-0.25, -0.2) is 0 Å². The molecule has 0 aliphatic heterocycles. The van der Waals surface area contributed by atoms with E-state index in [1.807, 2.05) is 54.7 Å². The average molecular weight is 637 g/mol. The van der Waals surface area contributed by atoms with E-state index in [9.17, 15) is 0 Å². The summed E-state index contributed by atoms with van der Waals surface area (Å²) in [6.45, 7) is 4.56. The molecule has 35 heavy (non-hydrogen) atoms. The van der Waals surface area contributed by atoms with E-state index in [0.717, 1.165) is 52.4 Å². The molecule has 1 heterocycles. The molecule has 0 saturated heterocycles. The number of benzene rings is 3. The fourth-order valence-electron chi connectivity index (χ4n) is 3.71. The Morgan fingerprint density at radius 3 is 2.63 bits per heavy atom. The summed E-state index contributed by atoms with van der Waals surface area (Å²) in [5, 5.41) is 2.26. The number of fused-ring (bicyclic) bond motifs is 1. The maximum absolute atomic E-state index is 5.98. The van der Waals surface area contributed by atoms with Crippen LogP contribution in [0.1, 0.15) is 33.1 Å². The van der Waals surface area contributed by atoms with Gasteiger partial charge in [0.1, 0.15) is 6.11 Å². The Morgan fingerprint density at radius 1 is 0.914 bits per heavy atom. The number of pyridine rings is 1. The molecule has 0 bridgehead atoms. The summed E-state index contributed by atoms with van der Waals surface area (Å²) in [7, 11) is 0. The molecule has 1 radical (unpaired) electrons. The first-order valence-electron chi connectivity index (χ1n) is 11.5. The van der Waals surface area contributed by atoms with Crippen molar-refractivity contribution in [1.29, 1.82) is 0 Å². The second-order valence-electron chi connectivity index (χ2n) is 7.79. The summed E-state index contributed by atoms with van der Waals surface area (Å²) in [6.07, 6.45) is 7.78. The largest absolute Gasteiger partial charge is 0.490 e. The van der Waals surface area contributed by atoms with Crippen molar-refractivity contribution in [2.75, 3.05) is 6.61 Å². The zero-order chi connectivity index (χ0) is 23.6. The van der Waals surface area contributed by atoms with Crippen LogP contribution in [-0.4, -0.2) is 11.6 Å². The smallest absolute Gasteiger partial charge is 0.182 e. The van der Waals surface area contributed by atoms with Crippen LogP contribution < -0.4 is 9.47 Å². The van der Waals surface area contributed by atoms with E-state index >= 15 is 0 Å². The number of ether oxygens (including phenoxy) is 2. The minimum Gasteiger partial charge on any atom is -0.490 e. The summed E-state index contributed by atoms with van der Waals surface area (Å²) < 4.78 is 11.7. The molecule has 177 valence electrons. The molecular weight excluding hydrogens is 611 g/mol. The van der Waals surface area contributed by atoms with Crippen LogP contribution in [0.15, 0.2) is 72.9 Å². The monoisotopic (exact) mass is 637 g/mol. The second kappa shape index (κ2) is 13.4. The topological polar surface area (TPSA) is 31.4 Å². The number of aromatic nitrogens is 1. The van der Waals surface area contributed by atoms with Gasteiger partial charge in [0.2, 0.25) is 0 Å². The predicted molar refractivity (Wildman–Crippen MR) is 138 cm³/mol. The minimum absolute atomic E-state index is 0. The Balaban J connectivity index is 0.00000342. The van der Waals surface area contributed by atoms with Crippen LogP contribution in [-0.2, 0) is 20.1 Å². The van der Waals surface area contributed by atoms with Gasteiger partial charge in [-0.3, -0.25) is 0 Å². The molecular formula is C31H26IrNO2-. The van der Waals surface area contributed by atoms with Crippen molar-refractivity contribution >= 4 is 10.8 Å². The van der Waals surface area contributed by atoms with Gasteiger partial charge in [0.25, 0.3) is 0 Å².